The van der Waals surface area contributed by atoms with Gasteiger partial charge >= 0.3 is 0 Å². The van der Waals surface area contributed by atoms with Crippen molar-refractivity contribution in [3.05, 3.63) is 88.5 Å². The first-order valence-electron chi connectivity index (χ1n) is 8.86. The highest BCUT2D eigenvalue weighted by Gasteiger charge is 2.20. The Labute approximate surface area is 156 Å². The van der Waals surface area contributed by atoms with Crippen LogP contribution in [-0.2, 0) is 0 Å². The van der Waals surface area contributed by atoms with Crippen molar-refractivity contribution in [2.75, 3.05) is 30.5 Å². The molecule has 0 fully saturated rings. The predicted octanol–water partition coefficient (Wildman–Crippen LogP) is 4.71. The Morgan fingerprint density at radius 2 is 1.15 bits per heavy atom. The van der Waals surface area contributed by atoms with Crippen molar-refractivity contribution in [1.82, 2.24) is 0 Å². The lowest BCUT2D eigenvalue weighted by Gasteiger charge is -2.24. The summed E-state index contributed by atoms with van der Waals surface area (Å²) in [7, 11) is 4.11. The van der Waals surface area contributed by atoms with E-state index >= 15 is 0 Å². The van der Waals surface area contributed by atoms with Crippen LogP contribution in [0.2, 0.25) is 0 Å². The SMILES string of the molecule is Cc1cc(N)ccc1C(c1ccc(N(C)C)cc1)c1ccc(N)cc1C. The first-order chi connectivity index (χ1) is 12.4. The summed E-state index contributed by atoms with van der Waals surface area (Å²) in [6, 6.07) is 21.1. The molecule has 0 aromatic heterocycles. The molecule has 0 saturated carbocycles. The van der Waals surface area contributed by atoms with E-state index in [2.05, 4.69) is 69.2 Å². The van der Waals surface area contributed by atoms with Gasteiger partial charge < -0.3 is 16.4 Å². The summed E-state index contributed by atoms with van der Waals surface area (Å²) in [6.07, 6.45) is 0. The van der Waals surface area contributed by atoms with Crippen LogP contribution in [0.4, 0.5) is 17.1 Å². The summed E-state index contributed by atoms with van der Waals surface area (Å²) in [5.41, 5.74) is 20.9. The lowest BCUT2D eigenvalue weighted by molar-refractivity contribution is 0.949. The van der Waals surface area contributed by atoms with E-state index in [-0.39, 0.29) is 5.92 Å². The van der Waals surface area contributed by atoms with E-state index in [1.165, 1.54) is 33.5 Å². The molecule has 0 spiro atoms. The molecule has 0 radical (unpaired) electrons. The molecule has 0 saturated heterocycles. The number of nitrogens with two attached hydrogens (primary N) is 2. The molecule has 3 nitrogen and oxygen atoms in total. The van der Waals surface area contributed by atoms with Crippen molar-refractivity contribution in [1.29, 1.82) is 0 Å². The molecule has 4 N–H and O–H groups in total. The van der Waals surface area contributed by atoms with Crippen LogP contribution in [0.3, 0.4) is 0 Å². The van der Waals surface area contributed by atoms with Gasteiger partial charge in [0.15, 0.2) is 0 Å². The third-order valence-corrected chi connectivity index (χ3v) is 4.95. The van der Waals surface area contributed by atoms with Gasteiger partial charge in [-0.1, -0.05) is 24.3 Å². The van der Waals surface area contributed by atoms with Crippen molar-refractivity contribution in [3.8, 4) is 0 Å². The molecular formula is C23H27N3. The van der Waals surface area contributed by atoms with Crippen LogP contribution in [0, 0.1) is 13.8 Å². The third-order valence-electron chi connectivity index (χ3n) is 4.95. The molecular weight excluding hydrogens is 318 g/mol. The molecule has 0 bridgehead atoms. The highest BCUT2D eigenvalue weighted by Crippen LogP contribution is 2.37. The third kappa shape index (κ3) is 3.52. The molecule has 26 heavy (non-hydrogen) atoms. The van der Waals surface area contributed by atoms with Crippen LogP contribution in [0.5, 0.6) is 0 Å². The Balaban J connectivity index is 2.18. The van der Waals surface area contributed by atoms with Crippen LogP contribution >= 0.6 is 0 Å². The standard InChI is InChI=1S/C23H27N3/c1-15-13-18(24)7-11-21(15)23(22-12-8-19(25)14-16(22)2)17-5-9-20(10-6-17)26(3)4/h5-14,23H,24-25H2,1-4H3. The molecule has 0 amide bonds. The highest BCUT2D eigenvalue weighted by atomic mass is 15.1. The fourth-order valence-electron chi connectivity index (χ4n) is 3.54. The van der Waals surface area contributed by atoms with Crippen molar-refractivity contribution >= 4 is 17.1 Å². The quantitative estimate of drug-likeness (QED) is 0.532. The van der Waals surface area contributed by atoms with Crippen LogP contribution in [0.1, 0.15) is 33.7 Å². The van der Waals surface area contributed by atoms with Gasteiger partial charge in [0.1, 0.15) is 0 Å². The average Bonchev–Trinajstić information content (AvgIpc) is 2.59. The van der Waals surface area contributed by atoms with E-state index in [1.54, 1.807) is 0 Å². The molecule has 0 aliphatic heterocycles. The van der Waals surface area contributed by atoms with Gasteiger partial charge in [-0.3, -0.25) is 0 Å². The van der Waals surface area contributed by atoms with Gasteiger partial charge in [-0.25, -0.2) is 0 Å². The number of rotatable bonds is 4. The van der Waals surface area contributed by atoms with Gasteiger partial charge in [-0.05, 0) is 78.1 Å². The van der Waals surface area contributed by atoms with Crippen molar-refractivity contribution in [2.24, 2.45) is 0 Å². The number of aryl methyl sites for hydroxylation is 2. The Morgan fingerprint density at radius 1 is 0.692 bits per heavy atom. The largest absolute Gasteiger partial charge is 0.399 e. The Kier molecular flexibility index (Phi) is 4.90. The second-order valence-corrected chi connectivity index (χ2v) is 7.15. The highest BCUT2D eigenvalue weighted by molar-refractivity contribution is 5.57. The number of nitrogens with zero attached hydrogens (tertiary/aromatic N) is 1. The minimum absolute atomic E-state index is 0.146. The Hall–Kier alpha value is -2.94. The molecule has 0 aliphatic carbocycles. The molecule has 3 aromatic rings. The summed E-state index contributed by atoms with van der Waals surface area (Å²) in [4.78, 5) is 2.11. The zero-order valence-corrected chi connectivity index (χ0v) is 16.0. The minimum Gasteiger partial charge on any atom is -0.399 e. The van der Waals surface area contributed by atoms with Crippen molar-refractivity contribution < 1.29 is 0 Å². The summed E-state index contributed by atoms with van der Waals surface area (Å²) in [5, 5.41) is 0. The zero-order valence-electron chi connectivity index (χ0n) is 16.0. The first-order valence-corrected chi connectivity index (χ1v) is 8.86. The van der Waals surface area contributed by atoms with Crippen LogP contribution in [-0.4, -0.2) is 14.1 Å². The molecule has 0 atom stereocenters. The zero-order chi connectivity index (χ0) is 18.8. The van der Waals surface area contributed by atoms with E-state index in [9.17, 15) is 0 Å². The van der Waals surface area contributed by atoms with Crippen molar-refractivity contribution in [2.45, 2.75) is 19.8 Å². The second-order valence-electron chi connectivity index (χ2n) is 7.15. The van der Waals surface area contributed by atoms with Gasteiger partial charge in [-0.2, -0.15) is 0 Å². The summed E-state index contributed by atoms with van der Waals surface area (Å²) < 4.78 is 0. The molecule has 0 aliphatic rings. The topological polar surface area (TPSA) is 55.3 Å². The number of anilines is 3. The smallest absolute Gasteiger partial charge is 0.0361 e. The fraction of sp³-hybridized carbons (Fsp3) is 0.217. The molecule has 0 heterocycles. The normalized spacial score (nSPS) is 11.0. The minimum atomic E-state index is 0.146. The average molecular weight is 345 g/mol. The van der Waals surface area contributed by atoms with Gasteiger partial charge in [0.25, 0.3) is 0 Å². The van der Waals surface area contributed by atoms with Crippen LogP contribution in [0.25, 0.3) is 0 Å². The van der Waals surface area contributed by atoms with Gasteiger partial charge in [0.2, 0.25) is 0 Å². The van der Waals surface area contributed by atoms with Crippen molar-refractivity contribution in [3.63, 3.8) is 0 Å². The molecule has 3 heteroatoms. The van der Waals surface area contributed by atoms with Gasteiger partial charge in [0.05, 0.1) is 0 Å². The van der Waals surface area contributed by atoms with E-state index < -0.39 is 0 Å². The lowest BCUT2D eigenvalue weighted by Crippen LogP contribution is -2.10. The maximum atomic E-state index is 5.99. The Morgan fingerprint density at radius 3 is 1.54 bits per heavy atom. The first kappa shape index (κ1) is 17.9. The van der Waals surface area contributed by atoms with Gasteiger partial charge in [-0.15, -0.1) is 0 Å². The number of nitrogen functional groups attached to an aromatic ring is 2. The number of hydrogen-bond acceptors (Lipinski definition) is 3. The number of benzene rings is 3. The molecule has 0 unspecified atom stereocenters. The lowest BCUT2D eigenvalue weighted by atomic mass is 9.81. The molecule has 3 rings (SSSR count). The summed E-state index contributed by atoms with van der Waals surface area (Å²) in [6.45, 7) is 4.25. The van der Waals surface area contributed by atoms with Crippen LogP contribution < -0.4 is 16.4 Å². The van der Waals surface area contributed by atoms with Gasteiger partial charge in [0, 0.05) is 37.1 Å². The molecule has 134 valence electrons. The monoisotopic (exact) mass is 345 g/mol. The number of hydrogen-bond donors (Lipinski definition) is 2. The maximum Gasteiger partial charge on any atom is 0.0361 e. The van der Waals surface area contributed by atoms with E-state index in [1.807, 2.05) is 24.3 Å². The Bertz CT molecular complexity index is 860. The fourth-order valence-corrected chi connectivity index (χ4v) is 3.54. The predicted molar refractivity (Wildman–Crippen MR) is 113 cm³/mol. The maximum absolute atomic E-state index is 5.99. The van der Waals surface area contributed by atoms with E-state index in [4.69, 9.17) is 11.5 Å². The second kappa shape index (κ2) is 7.12. The van der Waals surface area contributed by atoms with Crippen LogP contribution in [0.15, 0.2) is 60.7 Å². The molecule has 3 aromatic carbocycles. The van der Waals surface area contributed by atoms with E-state index in [0.717, 1.165) is 11.4 Å². The van der Waals surface area contributed by atoms with E-state index in [0.29, 0.717) is 0 Å². The summed E-state index contributed by atoms with van der Waals surface area (Å²) in [5.74, 6) is 0.146. The summed E-state index contributed by atoms with van der Waals surface area (Å²) >= 11 is 0.